The fourth-order valence-electron chi connectivity index (χ4n) is 12.1. The maximum absolute atomic E-state index is 17.0. The highest BCUT2D eigenvalue weighted by Gasteiger charge is 2.75. The van der Waals surface area contributed by atoms with Crippen LogP contribution in [-0.4, -0.2) is 97.2 Å². The number of ether oxygens (including phenoxy) is 3. The Kier molecular flexibility index (Phi) is 14.9. The van der Waals surface area contributed by atoms with Gasteiger partial charge in [0.15, 0.2) is 0 Å². The zero-order valence-corrected chi connectivity index (χ0v) is 44.5. The Morgan fingerprint density at radius 1 is 0.713 bits per heavy atom. The number of hydrogen-bond acceptors (Lipinski definition) is 11. The number of methoxy groups -OCH3 is 1. The third-order valence-electron chi connectivity index (χ3n) is 15.8. The number of nitrogens with one attached hydrogen (secondary N) is 2. The highest BCUT2D eigenvalue weighted by molar-refractivity contribution is 6.25. The minimum atomic E-state index is -2.10. The number of anilines is 3. The molecule has 4 heterocycles. The number of aliphatic hydroxyl groups is 1. The molecule has 0 radical (unpaired) electrons. The molecule has 0 saturated carbocycles. The van der Waals surface area contributed by atoms with Gasteiger partial charge in [-0.25, -0.2) is 9.69 Å². The van der Waals surface area contributed by atoms with Crippen molar-refractivity contribution in [2.45, 2.75) is 49.5 Å². The molecule has 0 bridgehead atoms. The molecule has 5 amide bonds. The molecule has 1 spiro atoms. The van der Waals surface area contributed by atoms with Crippen molar-refractivity contribution in [2.24, 2.45) is 5.92 Å². The van der Waals surface area contributed by atoms with Gasteiger partial charge < -0.3 is 39.8 Å². The summed E-state index contributed by atoms with van der Waals surface area (Å²) in [5, 5.41) is 16.2. The second-order valence-corrected chi connectivity index (χ2v) is 20.4. The van der Waals surface area contributed by atoms with E-state index in [1.807, 2.05) is 150 Å². The first-order valence-electron chi connectivity index (χ1n) is 26.8. The highest BCUT2D eigenvalue weighted by Crippen LogP contribution is 2.66. The van der Waals surface area contributed by atoms with E-state index < -0.39 is 65.4 Å². The number of hydrogen-bond donors (Lipinski definition) is 3. The lowest BCUT2D eigenvalue weighted by atomic mass is 9.65. The summed E-state index contributed by atoms with van der Waals surface area (Å²) in [6.07, 6.45) is -0.953. The summed E-state index contributed by atoms with van der Waals surface area (Å²) in [6, 6.07) is 50.5. The van der Waals surface area contributed by atoms with E-state index in [1.165, 1.54) is 0 Å². The lowest BCUT2D eigenvalue weighted by Gasteiger charge is -2.46. The number of carbonyl (C=O) groups is 5. The molecule has 7 aromatic carbocycles. The van der Waals surface area contributed by atoms with Gasteiger partial charge in [0, 0.05) is 55.6 Å². The van der Waals surface area contributed by atoms with E-state index >= 15 is 19.2 Å². The number of aliphatic hydroxyl groups excluding tert-OH is 1. The zero-order chi connectivity index (χ0) is 55.5. The normalized spacial score (nSPS) is 21.6. The van der Waals surface area contributed by atoms with Gasteiger partial charge >= 0.3 is 12.0 Å². The van der Waals surface area contributed by atoms with Crippen molar-refractivity contribution in [1.82, 2.24) is 15.1 Å². The molecule has 0 aromatic heterocycles. The Bertz CT molecular complexity index is 3490. The van der Waals surface area contributed by atoms with Crippen LogP contribution in [0.3, 0.4) is 0 Å². The molecule has 1 unspecified atom stereocenters. The number of morpholine rings is 1. The highest BCUT2D eigenvalue weighted by atomic mass is 16.6. The maximum atomic E-state index is 17.0. The van der Waals surface area contributed by atoms with Crippen LogP contribution in [0.25, 0.3) is 0 Å². The quantitative estimate of drug-likeness (QED) is 0.0789. The number of imide groups is 1. The molecule has 404 valence electrons. The summed E-state index contributed by atoms with van der Waals surface area (Å²) >= 11 is 0. The molecule has 15 nitrogen and oxygen atoms in total. The monoisotopic (exact) mass is 1070 g/mol. The van der Waals surface area contributed by atoms with Crippen LogP contribution in [0.5, 0.6) is 11.5 Å². The average Bonchev–Trinajstić information content (AvgIpc) is 3.35. The van der Waals surface area contributed by atoms with Gasteiger partial charge in [0.1, 0.15) is 35.7 Å². The third kappa shape index (κ3) is 9.88. The molecule has 4 aliphatic heterocycles. The number of cyclic esters (lactones) is 1. The molecule has 11 rings (SSSR count). The Hall–Kier alpha value is -9.23. The first kappa shape index (κ1) is 52.8. The Balaban J connectivity index is 1.14. The number of piperazine rings is 1. The van der Waals surface area contributed by atoms with Crippen LogP contribution in [0, 0.1) is 17.8 Å². The van der Waals surface area contributed by atoms with Crippen molar-refractivity contribution in [3.05, 3.63) is 221 Å². The Morgan fingerprint density at radius 3 is 2.01 bits per heavy atom. The van der Waals surface area contributed by atoms with Crippen LogP contribution in [-0.2, 0) is 29.3 Å². The number of fused-ring (bicyclic) bond motifs is 3. The minimum absolute atomic E-state index is 0.0232. The van der Waals surface area contributed by atoms with Crippen LogP contribution in [0.2, 0.25) is 0 Å². The zero-order valence-electron chi connectivity index (χ0n) is 44.5. The van der Waals surface area contributed by atoms with E-state index in [9.17, 15) is 9.90 Å². The molecule has 80 heavy (non-hydrogen) atoms. The lowest BCUT2D eigenvalue weighted by molar-refractivity contribution is -0.177. The number of benzene rings is 7. The molecule has 3 N–H and O–H groups in total. The van der Waals surface area contributed by atoms with E-state index in [-0.39, 0.29) is 24.8 Å². The predicted octanol–water partition coefficient (Wildman–Crippen LogP) is 8.91. The van der Waals surface area contributed by atoms with Gasteiger partial charge in [-0.1, -0.05) is 115 Å². The van der Waals surface area contributed by atoms with E-state index in [1.54, 1.807) is 62.6 Å². The van der Waals surface area contributed by atoms with Crippen molar-refractivity contribution < 1.29 is 43.3 Å². The summed E-state index contributed by atoms with van der Waals surface area (Å²) < 4.78 is 18.2. The van der Waals surface area contributed by atoms with Crippen LogP contribution in [0.1, 0.15) is 77.0 Å². The van der Waals surface area contributed by atoms with Gasteiger partial charge in [-0.3, -0.25) is 24.1 Å². The molecular formula is C65H60N6O9. The smallest absolute Gasteiger partial charge is 0.329 e. The standard InChI is InChI=1S/C65H60N6O9/c1-42(46-14-7-4-8-15-46)66-64(77)70-55-33-26-45(23-22-44-24-31-52(78-3)32-25-44)40-54(55)65(63(70)76)56(61(74)67-50-27-29-51(30-28-50)69-36-34-68(35-37-69)43(2)73)58-62(75)80-59(48-18-11-6-12-19-48)57(47-16-9-5-10-17-47)71(58)60(65)49-20-13-21-53(41-49)79-39-38-72/h4-21,24-33,40-42,56-60,72H,34-39H2,1-3H3,(H,66,77)(H,67,74)/t42-,56+,57+,58?,59-,60-,65+/m0/s1. The van der Waals surface area contributed by atoms with Crippen LogP contribution in [0.4, 0.5) is 21.9 Å². The SMILES string of the molecule is COc1ccc(C#Cc2ccc3c(c2)[C@]2(C(=O)N3C(=O)N[C@@H](C)c3ccccc3)[C@H](c3cccc(OCCO)c3)N3C(C(=O)O[C@@H](c4ccccc4)[C@H]3c3ccccc3)[C@@H]2C(=O)Nc2ccc(N3CCN(C(C)=O)CC3)cc2)cc1. The summed E-state index contributed by atoms with van der Waals surface area (Å²) in [5.41, 5.74) is 3.55. The minimum Gasteiger partial charge on any atom is -0.497 e. The van der Waals surface area contributed by atoms with Gasteiger partial charge in [0.25, 0.3) is 0 Å². The fourth-order valence-corrected chi connectivity index (χ4v) is 12.1. The summed E-state index contributed by atoms with van der Waals surface area (Å²) in [5.74, 6) is 3.84. The summed E-state index contributed by atoms with van der Waals surface area (Å²) in [4.78, 5) is 83.7. The van der Waals surface area contributed by atoms with Crippen molar-refractivity contribution >= 4 is 46.8 Å². The van der Waals surface area contributed by atoms with Gasteiger partial charge in [0.2, 0.25) is 17.7 Å². The van der Waals surface area contributed by atoms with E-state index in [2.05, 4.69) is 27.4 Å². The molecule has 4 aliphatic rings. The predicted molar refractivity (Wildman–Crippen MR) is 303 cm³/mol. The molecule has 7 atom stereocenters. The summed E-state index contributed by atoms with van der Waals surface area (Å²) in [6.45, 7) is 5.48. The van der Waals surface area contributed by atoms with Crippen LogP contribution in [0.15, 0.2) is 182 Å². The van der Waals surface area contributed by atoms with Gasteiger partial charge in [-0.15, -0.1) is 0 Å². The number of urea groups is 1. The van der Waals surface area contributed by atoms with Gasteiger partial charge in [0.05, 0.1) is 43.4 Å². The van der Waals surface area contributed by atoms with Crippen molar-refractivity contribution in [3.63, 3.8) is 0 Å². The molecule has 0 aliphatic carbocycles. The van der Waals surface area contributed by atoms with E-state index in [0.717, 1.165) is 21.7 Å². The van der Waals surface area contributed by atoms with Crippen LogP contribution < -0.4 is 29.9 Å². The Morgan fingerprint density at radius 2 is 1.35 bits per heavy atom. The van der Waals surface area contributed by atoms with E-state index in [0.29, 0.717) is 71.2 Å². The second-order valence-electron chi connectivity index (χ2n) is 20.4. The first-order valence-corrected chi connectivity index (χ1v) is 26.8. The van der Waals surface area contributed by atoms with Gasteiger partial charge in [-0.2, -0.15) is 0 Å². The largest absolute Gasteiger partial charge is 0.497 e. The van der Waals surface area contributed by atoms with Crippen LogP contribution >= 0.6 is 0 Å². The number of nitrogens with zero attached hydrogens (tertiary/aromatic N) is 4. The lowest BCUT2D eigenvalue weighted by Crippen LogP contribution is -2.55. The van der Waals surface area contributed by atoms with Gasteiger partial charge in [-0.05, 0) is 114 Å². The molecule has 7 aromatic rings. The topological polar surface area (TPSA) is 170 Å². The van der Waals surface area contributed by atoms with Crippen molar-refractivity contribution in [1.29, 1.82) is 0 Å². The van der Waals surface area contributed by atoms with E-state index in [4.69, 9.17) is 14.2 Å². The molecule has 3 fully saturated rings. The second kappa shape index (κ2) is 22.6. The number of rotatable bonds is 12. The van der Waals surface area contributed by atoms with Crippen molar-refractivity contribution in [2.75, 3.05) is 61.6 Å². The van der Waals surface area contributed by atoms with Crippen molar-refractivity contribution in [3.8, 4) is 23.3 Å². The molecule has 15 heteroatoms. The average molecular weight is 1070 g/mol. The Labute approximate surface area is 464 Å². The number of carbonyl (C=O) groups excluding carboxylic acids is 5. The fraction of sp³-hybridized carbons (Fsp3) is 0.246. The summed E-state index contributed by atoms with van der Waals surface area (Å²) in [7, 11) is 1.59. The first-order chi connectivity index (χ1) is 39.0. The maximum Gasteiger partial charge on any atom is 0.329 e. The number of amides is 5. The molecule has 3 saturated heterocycles. The third-order valence-corrected chi connectivity index (χ3v) is 15.8. The molecular weight excluding hydrogens is 1010 g/mol. The number of esters is 1.